The van der Waals surface area contributed by atoms with Crippen LogP contribution in [-0.4, -0.2) is 11.1 Å². The Morgan fingerprint density at radius 3 is 2.17 bits per heavy atom. The van der Waals surface area contributed by atoms with E-state index < -0.39 is 7.35 Å². The summed E-state index contributed by atoms with van der Waals surface area (Å²) >= 11 is 1.50. The van der Waals surface area contributed by atoms with Crippen molar-refractivity contribution in [2.45, 2.75) is 0 Å². The predicted molar refractivity (Wildman–Crippen MR) is 58.6 cm³/mol. The molecular weight excluding hydrogens is 187 g/mol. The van der Waals surface area contributed by atoms with E-state index in [0.29, 0.717) is 0 Å². The average molecular weight is 198 g/mol. The van der Waals surface area contributed by atoms with E-state index in [0.717, 1.165) is 5.30 Å². The normalized spacial score (nSPS) is 11.0. The van der Waals surface area contributed by atoms with Crippen LogP contribution in [0.2, 0.25) is 0 Å². The lowest BCUT2D eigenvalue weighted by molar-refractivity contribution is 0.650. The van der Waals surface area contributed by atoms with Crippen molar-refractivity contribution in [1.29, 1.82) is 0 Å². The Kier molecular flexibility index (Phi) is 6.90. The molecule has 3 heteroatoms. The molecule has 12 heavy (non-hydrogen) atoms. The van der Waals surface area contributed by atoms with Crippen LogP contribution in [0.4, 0.5) is 0 Å². The average Bonchev–Trinajstić information content (AvgIpc) is 2.21. The molecule has 0 bridgehead atoms. The van der Waals surface area contributed by atoms with Crippen LogP contribution in [0.25, 0.3) is 0 Å². The Morgan fingerprint density at radius 2 is 1.75 bits per heavy atom. The lowest BCUT2D eigenvalue weighted by atomic mass is 10.4. The molecule has 0 aromatic heterocycles. The molecule has 0 radical (unpaired) electrons. The third-order valence-corrected chi connectivity index (χ3v) is 3.91. The van der Waals surface area contributed by atoms with Crippen LogP contribution in [0, 0.1) is 12.8 Å². The first kappa shape index (κ1) is 11.5. The maximum atomic E-state index is 9.36. The molecule has 1 aromatic carbocycles. The van der Waals surface area contributed by atoms with Crippen molar-refractivity contribution in [2.75, 3.05) is 6.26 Å². The number of benzene rings is 1. The van der Waals surface area contributed by atoms with Crippen LogP contribution in [0.1, 0.15) is 0 Å². The summed E-state index contributed by atoms with van der Waals surface area (Å²) in [6.07, 6.45) is 9.92. The molecule has 1 nitrogen and oxygen atoms in total. The van der Waals surface area contributed by atoms with Gasteiger partial charge in [-0.15, -0.1) is 24.2 Å². The van der Waals surface area contributed by atoms with Crippen LogP contribution < -0.4 is 5.30 Å². The molecule has 1 atom stereocenters. The fraction of sp³-hybridized carbons (Fsp3) is 0.111. The van der Waals surface area contributed by atoms with E-state index in [1.165, 1.54) is 11.4 Å². The van der Waals surface area contributed by atoms with Gasteiger partial charge in [0.1, 0.15) is 7.35 Å². The molecule has 0 amide bonds. The molecule has 0 aliphatic rings. The van der Waals surface area contributed by atoms with E-state index >= 15 is 0 Å². The van der Waals surface area contributed by atoms with Crippen molar-refractivity contribution in [1.82, 2.24) is 0 Å². The molecule has 0 aliphatic heterocycles. The van der Waals surface area contributed by atoms with Gasteiger partial charge in [0.15, 0.2) is 0 Å². The monoisotopic (exact) mass is 198 g/mol. The molecule has 0 heterocycles. The fourth-order valence-corrected chi connectivity index (χ4v) is 2.30. The highest BCUT2D eigenvalue weighted by Gasteiger charge is 2.02. The van der Waals surface area contributed by atoms with Gasteiger partial charge in [-0.05, 0) is 6.26 Å². The van der Waals surface area contributed by atoms with Crippen molar-refractivity contribution >= 4 is 24.0 Å². The summed E-state index contributed by atoms with van der Waals surface area (Å²) in [5.74, 6) is 0. The van der Waals surface area contributed by atoms with Crippen LogP contribution >= 0.6 is 18.7 Å². The highest BCUT2D eigenvalue weighted by atomic mass is 32.7. The minimum Gasteiger partial charge on any atom is -0.359 e. The first-order valence-electron chi connectivity index (χ1n) is 3.26. The summed E-state index contributed by atoms with van der Waals surface area (Å²) in [6, 6.07) is 9.73. The fourth-order valence-electron chi connectivity index (χ4n) is 0.661. The van der Waals surface area contributed by atoms with Gasteiger partial charge in [0, 0.05) is 5.30 Å². The van der Waals surface area contributed by atoms with Gasteiger partial charge < -0.3 is 4.89 Å². The first-order valence-corrected chi connectivity index (χ1v) is 6.38. The van der Waals surface area contributed by atoms with Crippen molar-refractivity contribution in [3.63, 3.8) is 0 Å². The Bertz CT molecular complexity index is 222. The second kappa shape index (κ2) is 7.18. The zero-order valence-electron chi connectivity index (χ0n) is 6.84. The van der Waals surface area contributed by atoms with Gasteiger partial charge in [-0.2, -0.15) is 0 Å². The number of rotatable bonds is 2. The summed E-state index contributed by atoms with van der Waals surface area (Å²) in [5.41, 5.74) is 0. The van der Waals surface area contributed by atoms with Crippen molar-refractivity contribution in [2.24, 2.45) is 0 Å². The molecule has 0 fully saturated rings. The Hall–Kier alpha value is -0.480. The summed E-state index contributed by atoms with van der Waals surface area (Å²) in [7, 11) is -0.957. The number of hydrogen-bond donors (Lipinski definition) is 1. The topological polar surface area (TPSA) is 20.2 Å². The molecule has 1 N–H and O–H groups in total. The molecule has 0 aliphatic carbocycles. The quantitative estimate of drug-likeness (QED) is 0.581. The van der Waals surface area contributed by atoms with Gasteiger partial charge in [-0.3, -0.25) is 0 Å². The highest BCUT2D eigenvalue weighted by Crippen LogP contribution is 2.41. The Morgan fingerprint density at radius 1 is 1.25 bits per heavy atom. The van der Waals surface area contributed by atoms with Crippen LogP contribution in [0.5, 0.6) is 0 Å². The Labute approximate surface area is 78.8 Å². The van der Waals surface area contributed by atoms with E-state index in [-0.39, 0.29) is 0 Å². The molecule has 1 rings (SSSR count). The molecule has 1 aromatic rings. The third kappa shape index (κ3) is 3.78. The van der Waals surface area contributed by atoms with Gasteiger partial charge in [-0.25, -0.2) is 0 Å². The predicted octanol–water partition coefficient (Wildman–Crippen LogP) is 2.23. The molecule has 1 unspecified atom stereocenters. The second-order valence-electron chi connectivity index (χ2n) is 1.79. The largest absolute Gasteiger partial charge is 0.359 e. The van der Waals surface area contributed by atoms with Crippen LogP contribution in [0.3, 0.4) is 0 Å². The third-order valence-electron chi connectivity index (χ3n) is 1.15. The Balaban J connectivity index is 0.000000561. The minimum absolute atomic E-state index is 0.957. The van der Waals surface area contributed by atoms with Crippen molar-refractivity contribution < 1.29 is 4.89 Å². The van der Waals surface area contributed by atoms with Gasteiger partial charge in [0.05, 0.1) is 0 Å². The van der Waals surface area contributed by atoms with Crippen molar-refractivity contribution in [3.05, 3.63) is 30.3 Å². The zero-order chi connectivity index (χ0) is 9.40. The maximum absolute atomic E-state index is 9.36. The number of terminal acetylenes is 1. The molecular formula is C9H11OPS. The molecule has 0 saturated heterocycles. The van der Waals surface area contributed by atoms with E-state index in [9.17, 15) is 4.89 Å². The highest BCUT2D eigenvalue weighted by molar-refractivity contribution is 8.55. The summed E-state index contributed by atoms with van der Waals surface area (Å²) < 4.78 is 0. The summed E-state index contributed by atoms with van der Waals surface area (Å²) in [5, 5.41) is 1.03. The smallest absolute Gasteiger partial charge is 0.117 e. The van der Waals surface area contributed by atoms with Gasteiger partial charge >= 0.3 is 0 Å². The van der Waals surface area contributed by atoms with Crippen LogP contribution in [-0.2, 0) is 0 Å². The first-order chi connectivity index (χ1) is 5.84. The second-order valence-corrected chi connectivity index (χ2v) is 5.35. The summed E-state index contributed by atoms with van der Waals surface area (Å²) in [6.45, 7) is 0. The number of hydrogen-bond acceptors (Lipinski definition) is 2. The minimum atomic E-state index is -0.957. The van der Waals surface area contributed by atoms with Gasteiger partial charge in [-0.1, -0.05) is 30.3 Å². The zero-order valence-corrected chi connectivity index (χ0v) is 8.56. The van der Waals surface area contributed by atoms with Gasteiger partial charge in [0.2, 0.25) is 0 Å². The molecule has 0 spiro atoms. The van der Waals surface area contributed by atoms with Crippen LogP contribution in [0.15, 0.2) is 30.3 Å². The lowest BCUT2D eigenvalue weighted by Gasteiger charge is -2.04. The molecule has 0 saturated carbocycles. The lowest BCUT2D eigenvalue weighted by Crippen LogP contribution is -1.94. The van der Waals surface area contributed by atoms with E-state index in [1.807, 2.05) is 36.6 Å². The van der Waals surface area contributed by atoms with Crippen molar-refractivity contribution in [3.8, 4) is 12.8 Å². The maximum Gasteiger partial charge on any atom is 0.117 e. The van der Waals surface area contributed by atoms with E-state index in [1.54, 1.807) is 0 Å². The van der Waals surface area contributed by atoms with E-state index in [4.69, 9.17) is 0 Å². The van der Waals surface area contributed by atoms with Gasteiger partial charge in [0.25, 0.3) is 0 Å². The standard InChI is InChI=1S/C7H9OPS.C2H2/c1-10-9(8)7-5-3-2-4-6-7;1-2/h2-6,8H,1H3;1-2H. The molecule has 64 valence electrons. The summed E-state index contributed by atoms with van der Waals surface area (Å²) in [4.78, 5) is 9.36. The van der Waals surface area contributed by atoms with E-state index in [2.05, 4.69) is 12.8 Å². The SMILES string of the molecule is C#C.CSP(O)c1ccccc1.